The molecule has 0 aromatic heterocycles. The zero-order chi connectivity index (χ0) is 15.2. The van der Waals surface area contributed by atoms with E-state index in [1.54, 1.807) is 36.2 Å². The average Bonchev–Trinajstić information content (AvgIpc) is 3.05. The molecule has 3 N–H and O–H groups in total. The van der Waals surface area contributed by atoms with Crippen molar-refractivity contribution in [3.05, 3.63) is 29.8 Å². The van der Waals surface area contributed by atoms with E-state index in [2.05, 4.69) is 5.16 Å². The van der Waals surface area contributed by atoms with Crippen LogP contribution in [0.25, 0.3) is 0 Å². The Bertz CT molecular complexity index is 530. The lowest BCUT2D eigenvalue weighted by molar-refractivity contribution is -0.133. The van der Waals surface area contributed by atoms with Crippen LogP contribution in [0.3, 0.4) is 0 Å². The molecule has 1 amide bonds. The zero-order valence-electron chi connectivity index (χ0n) is 11.9. The van der Waals surface area contributed by atoms with Crippen molar-refractivity contribution < 1.29 is 14.7 Å². The maximum Gasteiger partial charge on any atom is 0.260 e. The molecule has 1 atom stereocenters. The monoisotopic (exact) mass is 309 g/mol. The molecule has 0 saturated carbocycles. The maximum absolute atomic E-state index is 12.1. The lowest BCUT2D eigenvalue weighted by Crippen LogP contribution is -2.39. The van der Waals surface area contributed by atoms with E-state index in [0.29, 0.717) is 11.3 Å². The van der Waals surface area contributed by atoms with Crippen LogP contribution in [0.15, 0.2) is 29.4 Å². The Balaban J connectivity index is 1.98. The van der Waals surface area contributed by atoms with Gasteiger partial charge in [0.1, 0.15) is 5.75 Å². The standard InChI is InChI=1S/C14H19N3O3S/c1-17(10-6-7-21-9-10)13(18)8-20-12-5-3-2-4-11(12)14(15)16-19/h2-5,10,19H,6-9H2,1H3,(H2,15,16). The minimum Gasteiger partial charge on any atom is -0.483 e. The molecule has 1 unspecified atom stereocenters. The second kappa shape index (κ2) is 7.21. The lowest BCUT2D eigenvalue weighted by Gasteiger charge is -2.24. The number of benzene rings is 1. The van der Waals surface area contributed by atoms with Crippen molar-refractivity contribution in [2.75, 3.05) is 25.2 Å². The number of para-hydroxylation sites is 1. The third kappa shape index (κ3) is 3.81. The van der Waals surface area contributed by atoms with Gasteiger partial charge in [0.2, 0.25) is 0 Å². The average molecular weight is 309 g/mol. The topological polar surface area (TPSA) is 88.2 Å². The van der Waals surface area contributed by atoms with Crippen LogP contribution in [-0.2, 0) is 4.79 Å². The van der Waals surface area contributed by atoms with E-state index in [-0.39, 0.29) is 24.4 Å². The normalized spacial score (nSPS) is 18.5. The molecule has 1 aromatic rings. The molecule has 1 heterocycles. The van der Waals surface area contributed by atoms with Crippen LogP contribution in [0, 0.1) is 0 Å². The predicted octanol–water partition coefficient (Wildman–Crippen LogP) is 1.12. The molecule has 6 nitrogen and oxygen atoms in total. The number of thioether (sulfide) groups is 1. The Morgan fingerprint density at radius 2 is 2.33 bits per heavy atom. The van der Waals surface area contributed by atoms with Gasteiger partial charge >= 0.3 is 0 Å². The molecular weight excluding hydrogens is 290 g/mol. The van der Waals surface area contributed by atoms with Gasteiger partial charge in [-0.05, 0) is 24.3 Å². The summed E-state index contributed by atoms with van der Waals surface area (Å²) < 4.78 is 5.53. The fraction of sp³-hybridized carbons (Fsp3) is 0.429. The summed E-state index contributed by atoms with van der Waals surface area (Å²) in [5, 5.41) is 11.7. The van der Waals surface area contributed by atoms with Crippen molar-refractivity contribution in [1.82, 2.24) is 4.90 Å². The summed E-state index contributed by atoms with van der Waals surface area (Å²) in [5.74, 6) is 2.38. The van der Waals surface area contributed by atoms with Gasteiger partial charge in [-0.1, -0.05) is 17.3 Å². The van der Waals surface area contributed by atoms with E-state index in [1.165, 1.54) is 0 Å². The molecule has 0 radical (unpaired) electrons. The first kappa shape index (κ1) is 15.5. The number of likely N-dealkylation sites (N-methyl/N-ethyl adjacent to an activating group) is 1. The molecule has 1 saturated heterocycles. The quantitative estimate of drug-likeness (QED) is 0.368. The van der Waals surface area contributed by atoms with Gasteiger partial charge < -0.3 is 20.6 Å². The minimum absolute atomic E-state index is 0.0430. The Morgan fingerprint density at radius 1 is 1.57 bits per heavy atom. The summed E-state index contributed by atoms with van der Waals surface area (Å²) in [5.41, 5.74) is 6.05. The number of nitrogens with zero attached hydrogens (tertiary/aromatic N) is 2. The third-order valence-electron chi connectivity index (χ3n) is 3.47. The molecule has 1 fully saturated rings. The molecule has 1 aliphatic heterocycles. The van der Waals surface area contributed by atoms with Gasteiger partial charge in [-0.15, -0.1) is 0 Å². The Morgan fingerprint density at radius 3 is 3.00 bits per heavy atom. The second-order valence-electron chi connectivity index (χ2n) is 4.79. The van der Waals surface area contributed by atoms with E-state index in [4.69, 9.17) is 15.7 Å². The fourth-order valence-electron chi connectivity index (χ4n) is 2.13. The van der Waals surface area contributed by atoms with Gasteiger partial charge in [0.05, 0.1) is 5.56 Å². The molecule has 0 bridgehead atoms. The Hall–Kier alpha value is -1.89. The number of oxime groups is 1. The highest BCUT2D eigenvalue weighted by molar-refractivity contribution is 7.99. The van der Waals surface area contributed by atoms with Gasteiger partial charge in [0.15, 0.2) is 12.4 Å². The van der Waals surface area contributed by atoms with Gasteiger partial charge in [-0.25, -0.2) is 0 Å². The molecule has 1 aliphatic rings. The SMILES string of the molecule is CN(C(=O)COc1ccccc1/C(N)=N/O)C1CCSC1. The van der Waals surface area contributed by atoms with Gasteiger partial charge in [-0.3, -0.25) is 4.79 Å². The number of carbonyl (C=O) groups excluding carboxylic acids is 1. The number of amidine groups is 1. The molecular formula is C14H19N3O3S. The van der Waals surface area contributed by atoms with Crippen LogP contribution in [-0.4, -0.2) is 53.1 Å². The van der Waals surface area contributed by atoms with Crippen LogP contribution >= 0.6 is 11.8 Å². The minimum atomic E-state index is -0.0724. The summed E-state index contributed by atoms with van der Waals surface area (Å²) in [6, 6.07) is 7.17. The summed E-state index contributed by atoms with van der Waals surface area (Å²) in [4.78, 5) is 13.9. The van der Waals surface area contributed by atoms with Gasteiger partial charge in [0, 0.05) is 18.8 Å². The number of hydrogen-bond donors (Lipinski definition) is 2. The lowest BCUT2D eigenvalue weighted by atomic mass is 10.2. The number of hydrogen-bond acceptors (Lipinski definition) is 5. The highest BCUT2D eigenvalue weighted by Crippen LogP contribution is 2.22. The third-order valence-corrected chi connectivity index (χ3v) is 4.61. The summed E-state index contributed by atoms with van der Waals surface area (Å²) in [6.07, 6.45) is 1.02. The largest absolute Gasteiger partial charge is 0.483 e. The van der Waals surface area contributed by atoms with Crippen molar-refractivity contribution in [1.29, 1.82) is 0 Å². The van der Waals surface area contributed by atoms with E-state index < -0.39 is 0 Å². The van der Waals surface area contributed by atoms with Crippen LogP contribution < -0.4 is 10.5 Å². The Kier molecular flexibility index (Phi) is 5.32. The first-order chi connectivity index (χ1) is 10.1. The highest BCUT2D eigenvalue weighted by atomic mass is 32.2. The number of rotatable bonds is 5. The smallest absolute Gasteiger partial charge is 0.260 e. The van der Waals surface area contributed by atoms with Crippen LogP contribution in [0.1, 0.15) is 12.0 Å². The van der Waals surface area contributed by atoms with Crippen LogP contribution in [0.2, 0.25) is 0 Å². The van der Waals surface area contributed by atoms with E-state index in [1.807, 2.05) is 11.8 Å². The van der Waals surface area contributed by atoms with Crippen molar-refractivity contribution in [3.63, 3.8) is 0 Å². The summed E-state index contributed by atoms with van der Waals surface area (Å²) in [6.45, 7) is -0.0621. The molecule has 7 heteroatoms. The number of carbonyl (C=O) groups is 1. The molecule has 1 aromatic carbocycles. The number of ether oxygens (including phenoxy) is 1. The maximum atomic E-state index is 12.1. The van der Waals surface area contributed by atoms with E-state index in [0.717, 1.165) is 17.9 Å². The van der Waals surface area contributed by atoms with Crippen molar-refractivity contribution >= 4 is 23.5 Å². The number of amides is 1. The molecule has 2 rings (SSSR count). The summed E-state index contributed by atoms with van der Waals surface area (Å²) in [7, 11) is 1.80. The first-order valence-corrected chi connectivity index (χ1v) is 7.82. The van der Waals surface area contributed by atoms with E-state index in [9.17, 15) is 4.79 Å². The number of nitrogens with two attached hydrogens (primary N) is 1. The van der Waals surface area contributed by atoms with E-state index >= 15 is 0 Å². The molecule has 0 aliphatic carbocycles. The van der Waals surface area contributed by atoms with Gasteiger partial charge in [-0.2, -0.15) is 11.8 Å². The van der Waals surface area contributed by atoms with Crippen LogP contribution in [0.4, 0.5) is 0 Å². The summed E-state index contributed by atoms with van der Waals surface area (Å²) >= 11 is 1.86. The predicted molar refractivity (Wildman–Crippen MR) is 82.9 cm³/mol. The zero-order valence-corrected chi connectivity index (χ0v) is 12.7. The second-order valence-corrected chi connectivity index (χ2v) is 5.94. The van der Waals surface area contributed by atoms with Crippen molar-refractivity contribution in [2.45, 2.75) is 12.5 Å². The fourth-order valence-corrected chi connectivity index (χ4v) is 3.40. The molecule has 114 valence electrons. The molecule has 21 heavy (non-hydrogen) atoms. The van der Waals surface area contributed by atoms with Crippen molar-refractivity contribution in [2.24, 2.45) is 10.9 Å². The highest BCUT2D eigenvalue weighted by Gasteiger charge is 2.24. The molecule has 0 spiro atoms. The Labute approximate surface area is 127 Å². The van der Waals surface area contributed by atoms with Crippen molar-refractivity contribution in [3.8, 4) is 5.75 Å². The van der Waals surface area contributed by atoms with Gasteiger partial charge in [0.25, 0.3) is 5.91 Å². The first-order valence-electron chi connectivity index (χ1n) is 6.66. The van der Waals surface area contributed by atoms with Crippen LogP contribution in [0.5, 0.6) is 5.75 Å².